The molecule has 7 heteroatoms. The summed E-state index contributed by atoms with van der Waals surface area (Å²) in [6.07, 6.45) is 0. The second-order valence-corrected chi connectivity index (χ2v) is 5.10. The van der Waals surface area contributed by atoms with E-state index in [1.165, 1.54) is 14.2 Å². The highest BCUT2D eigenvalue weighted by Gasteiger charge is 2.21. The Morgan fingerprint density at radius 2 is 1.96 bits per heavy atom. The molecule has 0 saturated heterocycles. The van der Waals surface area contributed by atoms with Crippen molar-refractivity contribution in [3.8, 4) is 28.7 Å². The van der Waals surface area contributed by atoms with Crippen molar-refractivity contribution in [2.24, 2.45) is 0 Å². The molecule has 0 bridgehead atoms. The number of benzene rings is 1. The van der Waals surface area contributed by atoms with E-state index < -0.39 is 5.97 Å². The third-order valence-electron chi connectivity index (χ3n) is 3.40. The van der Waals surface area contributed by atoms with Crippen LogP contribution in [0.3, 0.4) is 0 Å². The molecule has 0 amide bonds. The van der Waals surface area contributed by atoms with E-state index in [0.29, 0.717) is 22.8 Å². The van der Waals surface area contributed by atoms with Gasteiger partial charge in [0.2, 0.25) is 0 Å². The van der Waals surface area contributed by atoms with Crippen LogP contribution in [0.2, 0.25) is 0 Å². The lowest BCUT2D eigenvalue weighted by Crippen LogP contribution is -2.08. The van der Waals surface area contributed by atoms with E-state index in [2.05, 4.69) is 4.98 Å². The molecule has 1 aromatic heterocycles. The number of carboxylic acids is 1. The number of rotatable bonds is 4. The first-order chi connectivity index (χ1) is 10.9. The van der Waals surface area contributed by atoms with Crippen molar-refractivity contribution in [1.82, 2.24) is 4.98 Å². The van der Waals surface area contributed by atoms with E-state index >= 15 is 0 Å². The van der Waals surface area contributed by atoms with Crippen LogP contribution in [-0.2, 0) is 0 Å². The molecule has 1 heterocycles. The van der Waals surface area contributed by atoms with Crippen molar-refractivity contribution in [1.29, 1.82) is 5.26 Å². The van der Waals surface area contributed by atoms with Gasteiger partial charge in [-0.15, -0.1) is 0 Å². The summed E-state index contributed by atoms with van der Waals surface area (Å²) in [7, 11) is 2.98. The summed E-state index contributed by atoms with van der Waals surface area (Å²) in [5, 5.41) is 18.9. The number of aromatic nitrogens is 1. The molecule has 0 radical (unpaired) electrons. The summed E-state index contributed by atoms with van der Waals surface area (Å²) in [5.74, 6) is -0.207. The molecular weight excluding hydrogens is 316 g/mol. The Bertz CT molecular complexity index is 881. The van der Waals surface area contributed by atoms with E-state index in [1.54, 1.807) is 25.1 Å². The Balaban J connectivity index is 2.90. The molecule has 2 rings (SSSR count). The highest BCUT2D eigenvalue weighted by atomic mass is 32.1. The number of nitriles is 1. The quantitative estimate of drug-likeness (QED) is 0.835. The fourth-order valence-electron chi connectivity index (χ4n) is 2.38. The van der Waals surface area contributed by atoms with E-state index in [4.69, 9.17) is 21.7 Å². The molecule has 118 valence electrons. The molecule has 2 N–H and O–H groups in total. The van der Waals surface area contributed by atoms with Crippen molar-refractivity contribution in [3.63, 3.8) is 0 Å². The van der Waals surface area contributed by atoms with Crippen LogP contribution >= 0.6 is 12.2 Å². The number of nitrogens with zero attached hydrogens (tertiary/aromatic N) is 1. The molecule has 0 fully saturated rings. The van der Waals surface area contributed by atoms with Crippen LogP contribution in [-0.4, -0.2) is 30.3 Å². The minimum Gasteiger partial charge on any atom is -0.493 e. The summed E-state index contributed by atoms with van der Waals surface area (Å²) in [6.45, 7) is 1.60. The smallest absolute Gasteiger partial charge is 0.338 e. The summed E-state index contributed by atoms with van der Waals surface area (Å²) in [5.41, 5.74) is 1.27. The first kappa shape index (κ1) is 16.5. The highest BCUT2D eigenvalue weighted by Crippen LogP contribution is 2.36. The van der Waals surface area contributed by atoms with Crippen molar-refractivity contribution in [3.05, 3.63) is 39.7 Å². The number of aryl methyl sites for hydroxylation is 1. The number of pyridine rings is 1. The van der Waals surface area contributed by atoms with Crippen molar-refractivity contribution in [2.75, 3.05) is 14.2 Å². The molecule has 0 atom stereocenters. The normalized spacial score (nSPS) is 10.0. The Labute approximate surface area is 137 Å². The van der Waals surface area contributed by atoms with Crippen molar-refractivity contribution >= 4 is 18.2 Å². The van der Waals surface area contributed by atoms with E-state index in [-0.39, 0.29) is 21.3 Å². The molecule has 1 aromatic carbocycles. The molecule has 0 aliphatic heterocycles. The van der Waals surface area contributed by atoms with Gasteiger partial charge in [-0.2, -0.15) is 5.26 Å². The molecule has 2 aromatic rings. The maximum Gasteiger partial charge on any atom is 0.338 e. The molecule has 6 nitrogen and oxygen atoms in total. The number of aromatic amines is 1. The molecular formula is C16H14N2O4S. The van der Waals surface area contributed by atoms with Gasteiger partial charge in [0.25, 0.3) is 0 Å². The Kier molecular flexibility index (Phi) is 4.67. The van der Waals surface area contributed by atoms with Crippen LogP contribution in [0.4, 0.5) is 0 Å². The second-order valence-electron chi connectivity index (χ2n) is 4.69. The second kappa shape index (κ2) is 6.50. The zero-order valence-electron chi connectivity index (χ0n) is 12.8. The molecule has 0 spiro atoms. The zero-order chi connectivity index (χ0) is 17.1. The van der Waals surface area contributed by atoms with Gasteiger partial charge in [-0.25, -0.2) is 4.79 Å². The SMILES string of the molecule is COc1ccc(-c2c(C(=O)O)c(C)[nH]c(=S)c2C#N)cc1OC. The van der Waals surface area contributed by atoms with Crippen LogP contribution in [0.25, 0.3) is 11.1 Å². The number of carboxylic acid groups (broad SMARTS) is 1. The van der Waals surface area contributed by atoms with Gasteiger partial charge < -0.3 is 19.6 Å². The lowest BCUT2D eigenvalue weighted by atomic mass is 9.94. The lowest BCUT2D eigenvalue weighted by molar-refractivity contribution is 0.0696. The number of hydrogen-bond acceptors (Lipinski definition) is 5. The Morgan fingerprint density at radius 1 is 1.30 bits per heavy atom. The van der Waals surface area contributed by atoms with Crippen LogP contribution in [0.1, 0.15) is 21.6 Å². The maximum atomic E-state index is 11.7. The van der Waals surface area contributed by atoms with E-state index in [1.807, 2.05) is 6.07 Å². The summed E-state index contributed by atoms with van der Waals surface area (Å²) in [4.78, 5) is 14.4. The molecule has 0 aliphatic rings. The van der Waals surface area contributed by atoms with Gasteiger partial charge in [-0.3, -0.25) is 0 Å². The van der Waals surface area contributed by atoms with Gasteiger partial charge in [-0.1, -0.05) is 18.3 Å². The average molecular weight is 330 g/mol. The number of nitrogens with one attached hydrogen (secondary N) is 1. The number of H-pyrrole nitrogens is 1. The van der Waals surface area contributed by atoms with Gasteiger partial charge in [0.15, 0.2) is 11.5 Å². The third kappa shape index (κ3) is 2.89. The summed E-state index contributed by atoms with van der Waals surface area (Å²) in [6, 6.07) is 6.91. The third-order valence-corrected chi connectivity index (χ3v) is 3.71. The van der Waals surface area contributed by atoms with Crippen LogP contribution < -0.4 is 9.47 Å². The fourth-order valence-corrected chi connectivity index (χ4v) is 2.68. The summed E-state index contributed by atoms with van der Waals surface area (Å²) >= 11 is 5.16. The molecule has 0 saturated carbocycles. The van der Waals surface area contributed by atoms with E-state index in [9.17, 15) is 15.2 Å². The van der Waals surface area contributed by atoms with Crippen LogP contribution in [0, 0.1) is 22.9 Å². The van der Waals surface area contributed by atoms with Crippen LogP contribution in [0.15, 0.2) is 18.2 Å². The number of carbonyl (C=O) groups is 1. The van der Waals surface area contributed by atoms with Gasteiger partial charge in [0, 0.05) is 11.3 Å². The fraction of sp³-hybridized carbons (Fsp3) is 0.188. The number of aromatic carboxylic acids is 1. The average Bonchev–Trinajstić information content (AvgIpc) is 2.53. The largest absolute Gasteiger partial charge is 0.493 e. The minimum atomic E-state index is -1.14. The molecule has 0 unspecified atom stereocenters. The topological polar surface area (TPSA) is 95.3 Å². The highest BCUT2D eigenvalue weighted by molar-refractivity contribution is 7.71. The molecule has 23 heavy (non-hydrogen) atoms. The minimum absolute atomic E-state index is 0.00219. The zero-order valence-corrected chi connectivity index (χ0v) is 13.6. The summed E-state index contributed by atoms with van der Waals surface area (Å²) < 4.78 is 10.6. The van der Waals surface area contributed by atoms with Gasteiger partial charge >= 0.3 is 5.97 Å². The van der Waals surface area contributed by atoms with Crippen molar-refractivity contribution < 1.29 is 19.4 Å². The maximum absolute atomic E-state index is 11.7. The Morgan fingerprint density at radius 3 is 2.48 bits per heavy atom. The first-order valence-corrected chi connectivity index (χ1v) is 6.98. The first-order valence-electron chi connectivity index (χ1n) is 6.57. The lowest BCUT2D eigenvalue weighted by Gasteiger charge is -2.14. The molecule has 0 aliphatic carbocycles. The Hall–Kier alpha value is -2.85. The van der Waals surface area contributed by atoms with Crippen molar-refractivity contribution in [2.45, 2.75) is 6.92 Å². The monoisotopic (exact) mass is 330 g/mol. The predicted molar refractivity (Wildman–Crippen MR) is 86.6 cm³/mol. The van der Waals surface area contributed by atoms with Gasteiger partial charge in [0.05, 0.1) is 25.3 Å². The van der Waals surface area contributed by atoms with Gasteiger partial charge in [-0.05, 0) is 24.6 Å². The number of ether oxygens (including phenoxy) is 2. The predicted octanol–water partition coefficient (Wildman–Crippen LogP) is 3.31. The number of methoxy groups -OCH3 is 2. The standard InChI is InChI=1S/C16H14N2O4S/c1-8-13(16(19)20)14(10(7-17)15(23)18-8)9-4-5-11(21-2)12(6-9)22-3/h4-6H,1-3H3,(H,18,23)(H,19,20). The van der Waals surface area contributed by atoms with E-state index in [0.717, 1.165) is 0 Å². The van der Waals surface area contributed by atoms with Crippen LogP contribution in [0.5, 0.6) is 11.5 Å². The van der Waals surface area contributed by atoms with Gasteiger partial charge in [0.1, 0.15) is 10.7 Å². The number of hydrogen-bond donors (Lipinski definition) is 2.